The second kappa shape index (κ2) is 6.97. The fourth-order valence-electron chi connectivity index (χ4n) is 2.70. The van der Waals surface area contributed by atoms with Gasteiger partial charge in [-0.15, -0.1) is 0 Å². The van der Waals surface area contributed by atoms with E-state index in [1.807, 2.05) is 31.2 Å². The van der Waals surface area contributed by atoms with Gasteiger partial charge in [-0.05, 0) is 55.4 Å². The third-order valence-corrected chi connectivity index (χ3v) is 4.17. The van der Waals surface area contributed by atoms with Gasteiger partial charge in [0.25, 0.3) is 0 Å². The molecule has 0 aliphatic carbocycles. The van der Waals surface area contributed by atoms with Gasteiger partial charge in [-0.25, -0.2) is 4.39 Å². The summed E-state index contributed by atoms with van der Waals surface area (Å²) < 4.78 is 14.1. The zero-order chi connectivity index (χ0) is 17.1. The Labute approximate surface area is 145 Å². The van der Waals surface area contributed by atoms with Crippen molar-refractivity contribution in [2.75, 3.05) is 22.1 Å². The Morgan fingerprint density at radius 1 is 1.21 bits per heavy atom. The van der Waals surface area contributed by atoms with E-state index in [0.717, 1.165) is 17.7 Å². The van der Waals surface area contributed by atoms with Crippen molar-refractivity contribution < 1.29 is 9.18 Å². The molecule has 1 fully saturated rings. The Bertz CT molecular complexity index is 794. The maximum Gasteiger partial charge on any atom is 0.227 e. The standard InChI is InChI=1S/C18H18FN3OS/c1-12-5-2-3-6-15(12)21-18(24)20-13-8-9-14(19)16(11-13)22-10-4-7-17(22)23/h2-3,5-6,8-9,11H,4,7,10H2,1H3,(H2,20,21,24). The van der Waals surface area contributed by atoms with Gasteiger partial charge >= 0.3 is 0 Å². The molecular formula is C18H18FN3OS. The predicted molar refractivity (Wildman–Crippen MR) is 99.0 cm³/mol. The normalized spacial score (nSPS) is 13.9. The minimum atomic E-state index is -0.409. The van der Waals surface area contributed by atoms with Gasteiger partial charge in [-0.1, -0.05) is 18.2 Å². The second-order valence-electron chi connectivity index (χ2n) is 5.71. The molecule has 3 rings (SSSR count). The van der Waals surface area contributed by atoms with Crippen LogP contribution in [0.15, 0.2) is 42.5 Å². The molecule has 0 atom stereocenters. The van der Waals surface area contributed by atoms with Gasteiger partial charge < -0.3 is 15.5 Å². The van der Waals surface area contributed by atoms with E-state index in [4.69, 9.17) is 12.2 Å². The minimum Gasteiger partial charge on any atom is -0.332 e. The molecule has 2 N–H and O–H groups in total. The molecule has 124 valence electrons. The molecule has 0 bridgehead atoms. The van der Waals surface area contributed by atoms with Crippen LogP contribution in [-0.4, -0.2) is 17.6 Å². The smallest absolute Gasteiger partial charge is 0.227 e. The lowest BCUT2D eigenvalue weighted by Crippen LogP contribution is -2.25. The van der Waals surface area contributed by atoms with Crippen molar-refractivity contribution in [3.8, 4) is 0 Å². The molecule has 0 radical (unpaired) electrons. The maximum absolute atomic E-state index is 14.1. The molecule has 2 aromatic carbocycles. The molecule has 1 amide bonds. The van der Waals surface area contributed by atoms with Gasteiger partial charge in [0.1, 0.15) is 5.82 Å². The topological polar surface area (TPSA) is 44.4 Å². The van der Waals surface area contributed by atoms with Crippen LogP contribution in [0.2, 0.25) is 0 Å². The lowest BCUT2D eigenvalue weighted by molar-refractivity contribution is -0.117. The molecule has 0 unspecified atom stereocenters. The fraction of sp³-hybridized carbons (Fsp3) is 0.222. The van der Waals surface area contributed by atoms with Gasteiger partial charge in [-0.3, -0.25) is 4.79 Å². The number of hydrogen-bond donors (Lipinski definition) is 2. The number of carbonyl (C=O) groups is 1. The molecule has 0 saturated carbocycles. The number of amides is 1. The summed E-state index contributed by atoms with van der Waals surface area (Å²) in [7, 11) is 0. The predicted octanol–water partition coefficient (Wildman–Crippen LogP) is 4.07. The van der Waals surface area contributed by atoms with Crippen LogP contribution in [0.1, 0.15) is 18.4 Å². The highest BCUT2D eigenvalue weighted by Gasteiger charge is 2.24. The van der Waals surface area contributed by atoms with Gasteiger partial charge in [0, 0.05) is 24.3 Å². The number of anilines is 3. The highest BCUT2D eigenvalue weighted by molar-refractivity contribution is 7.80. The lowest BCUT2D eigenvalue weighted by atomic mass is 10.2. The molecule has 1 heterocycles. The van der Waals surface area contributed by atoms with Crippen molar-refractivity contribution in [3.05, 3.63) is 53.8 Å². The van der Waals surface area contributed by atoms with Crippen LogP contribution in [0.5, 0.6) is 0 Å². The molecule has 4 nitrogen and oxygen atoms in total. The van der Waals surface area contributed by atoms with Crippen LogP contribution in [0.4, 0.5) is 21.5 Å². The van der Waals surface area contributed by atoms with Crippen LogP contribution in [-0.2, 0) is 4.79 Å². The first-order valence-electron chi connectivity index (χ1n) is 7.78. The van der Waals surface area contributed by atoms with E-state index in [2.05, 4.69) is 10.6 Å². The third-order valence-electron chi connectivity index (χ3n) is 3.96. The number of para-hydroxylation sites is 1. The number of benzene rings is 2. The van der Waals surface area contributed by atoms with Gasteiger partial charge in [0.05, 0.1) is 5.69 Å². The number of halogens is 1. The molecule has 6 heteroatoms. The fourth-order valence-corrected chi connectivity index (χ4v) is 2.93. The summed E-state index contributed by atoms with van der Waals surface area (Å²) >= 11 is 5.32. The van der Waals surface area contributed by atoms with Crippen molar-refractivity contribution in [3.63, 3.8) is 0 Å². The molecule has 2 aromatic rings. The van der Waals surface area contributed by atoms with E-state index in [-0.39, 0.29) is 5.91 Å². The number of hydrogen-bond acceptors (Lipinski definition) is 2. The molecule has 0 spiro atoms. The number of carbonyl (C=O) groups excluding carboxylic acids is 1. The minimum absolute atomic E-state index is 0.0494. The Balaban J connectivity index is 1.74. The molecule has 1 aliphatic rings. The molecule has 0 aromatic heterocycles. The summed E-state index contributed by atoms with van der Waals surface area (Å²) in [6, 6.07) is 12.4. The van der Waals surface area contributed by atoms with Gasteiger partial charge in [0.2, 0.25) is 5.91 Å². The number of nitrogens with zero attached hydrogens (tertiary/aromatic N) is 1. The molecule has 1 saturated heterocycles. The first-order chi connectivity index (χ1) is 11.5. The van der Waals surface area contributed by atoms with Crippen LogP contribution in [0, 0.1) is 12.7 Å². The quantitative estimate of drug-likeness (QED) is 0.825. The molecule has 1 aliphatic heterocycles. The van der Waals surface area contributed by atoms with E-state index in [0.29, 0.717) is 29.5 Å². The summed E-state index contributed by atoms with van der Waals surface area (Å²) in [5.41, 5.74) is 2.91. The number of thiocarbonyl (C=S) groups is 1. The maximum atomic E-state index is 14.1. The summed E-state index contributed by atoms with van der Waals surface area (Å²) in [5, 5.41) is 6.57. The number of rotatable bonds is 3. The van der Waals surface area contributed by atoms with Crippen molar-refractivity contribution in [1.82, 2.24) is 0 Å². The van der Waals surface area contributed by atoms with E-state index >= 15 is 0 Å². The van der Waals surface area contributed by atoms with Gasteiger partial charge in [-0.2, -0.15) is 0 Å². The van der Waals surface area contributed by atoms with Gasteiger partial charge in [0.15, 0.2) is 5.11 Å². The molecular weight excluding hydrogens is 325 g/mol. The summed E-state index contributed by atoms with van der Waals surface area (Å²) in [6.07, 6.45) is 1.22. The largest absolute Gasteiger partial charge is 0.332 e. The van der Waals surface area contributed by atoms with Crippen molar-refractivity contribution in [2.24, 2.45) is 0 Å². The Morgan fingerprint density at radius 2 is 2.00 bits per heavy atom. The van der Waals surface area contributed by atoms with Crippen LogP contribution in [0.3, 0.4) is 0 Å². The highest BCUT2D eigenvalue weighted by Crippen LogP contribution is 2.27. The van der Waals surface area contributed by atoms with E-state index < -0.39 is 5.82 Å². The summed E-state index contributed by atoms with van der Waals surface area (Å²) in [4.78, 5) is 13.3. The number of aryl methyl sites for hydroxylation is 1. The first-order valence-corrected chi connectivity index (χ1v) is 8.19. The average molecular weight is 343 g/mol. The van der Waals surface area contributed by atoms with Crippen LogP contribution >= 0.6 is 12.2 Å². The van der Waals surface area contributed by atoms with E-state index in [1.165, 1.54) is 11.0 Å². The van der Waals surface area contributed by atoms with Crippen LogP contribution in [0.25, 0.3) is 0 Å². The monoisotopic (exact) mass is 343 g/mol. The Kier molecular flexibility index (Phi) is 4.76. The van der Waals surface area contributed by atoms with Crippen molar-refractivity contribution in [1.29, 1.82) is 0 Å². The van der Waals surface area contributed by atoms with Crippen molar-refractivity contribution >= 4 is 40.3 Å². The van der Waals surface area contributed by atoms with E-state index in [9.17, 15) is 9.18 Å². The average Bonchev–Trinajstić information content (AvgIpc) is 2.97. The summed E-state index contributed by atoms with van der Waals surface area (Å²) in [5.74, 6) is -0.458. The molecule has 24 heavy (non-hydrogen) atoms. The lowest BCUT2D eigenvalue weighted by Gasteiger charge is -2.18. The Morgan fingerprint density at radius 3 is 2.71 bits per heavy atom. The number of nitrogens with one attached hydrogen (secondary N) is 2. The van der Waals surface area contributed by atoms with Crippen molar-refractivity contribution in [2.45, 2.75) is 19.8 Å². The Hall–Kier alpha value is -2.47. The first kappa shape index (κ1) is 16.4. The van der Waals surface area contributed by atoms with E-state index in [1.54, 1.807) is 12.1 Å². The third kappa shape index (κ3) is 3.54. The summed E-state index contributed by atoms with van der Waals surface area (Å²) in [6.45, 7) is 2.53. The SMILES string of the molecule is Cc1ccccc1NC(=S)Nc1ccc(F)c(N2CCCC2=O)c1. The zero-order valence-corrected chi connectivity index (χ0v) is 14.1. The highest BCUT2D eigenvalue weighted by atomic mass is 32.1. The zero-order valence-electron chi connectivity index (χ0n) is 13.3. The second-order valence-corrected chi connectivity index (χ2v) is 6.12. The van der Waals surface area contributed by atoms with Crippen LogP contribution < -0.4 is 15.5 Å².